The minimum Gasteiger partial charge on any atom is -0.310 e. The van der Waals surface area contributed by atoms with E-state index in [2.05, 4.69) is 193 Å². The topological polar surface area (TPSA) is 3.24 Å². The van der Waals surface area contributed by atoms with Crippen LogP contribution >= 0.6 is 11.3 Å². The Hall–Kier alpha value is -5.96. The molecule has 226 valence electrons. The smallest absolute Gasteiger partial charge is 0.0540 e. The van der Waals surface area contributed by atoms with Crippen molar-refractivity contribution in [2.24, 2.45) is 0 Å². The summed E-state index contributed by atoms with van der Waals surface area (Å²) in [7, 11) is 0. The Morgan fingerprint density at radius 2 is 0.958 bits per heavy atom. The van der Waals surface area contributed by atoms with Gasteiger partial charge in [0.15, 0.2) is 0 Å². The lowest BCUT2D eigenvalue weighted by Crippen LogP contribution is -2.11. The molecule has 8 aromatic carbocycles. The highest BCUT2D eigenvalue weighted by Gasteiger charge is 2.18. The first-order valence-electron chi connectivity index (χ1n) is 16.3. The molecule has 0 saturated carbocycles. The van der Waals surface area contributed by atoms with Crippen molar-refractivity contribution < 1.29 is 0 Å². The van der Waals surface area contributed by atoms with Crippen LogP contribution in [0.15, 0.2) is 188 Å². The molecule has 0 aliphatic heterocycles. The highest BCUT2D eigenvalue weighted by molar-refractivity contribution is 7.25. The number of thiophene rings is 1. The second kappa shape index (κ2) is 12.0. The van der Waals surface area contributed by atoms with Gasteiger partial charge in [0, 0.05) is 37.1 Å². The lowest BCUT2D eigenvalue weighted by Gasteiger charge is -2.28. The molecule has 0 atom stereocenters. The van der Waals surface area contributed by atoms with E-state index in [1.165, 1.54) is 64.3 Å². The van der Waals surface area contributed by atoms with Crippen LogP contribution in [0.5, 0.6) is 0 Å². The molecule has 0 bridgehead atoms. The van der Waals surface area contributed by atoms with E-state index in [0.29, 0.717) is 0 Å². The number of hydrogen-bond donors (Lipinski definition) is 0. The van der Waals surface area contributed by atoms with Crippen molar-refractivity contribution in [3.63, 3.8) is 0 Å². The number of para-hydroxylation sites is 1. The highest BCUT2D eigenvalue weighted by atomic mass is 32.1. The number of hydrogen-bond acceptors (Lipinski definition) is 2. The maximum absolute atomic E-state index is 2.41. The molecule has 0 spiro atoms. The first-order chi connectivity index (χ1) is 23.8. The third-order valence-corrected chi connectivity index (χ3v) is 10.4. The van der Waals surface area contributed by atoms with E-state index in [-0.39, 0.29) is 0 Å². The summed E-state index contributed by atoms with van der Waals surface area (Å²) in [5.74, 6) is 0. The summed E-state index contributed by atoms with van der Waals surface area (Å²) in [5.41, 5.74) is 10.7. The monoisotopic (exact) mass is 629 g/mol. The van der Waals surface area contributed by atoms with Crippen LogP contribution in [0.3, 0.4) is 0 Å². The summed E-state index contributed by atoms with van der Waals surface area (Å²) in [6, 6.07) is 68.1. The van der Waals surface area contributed by atoms with Crippen LogP contribution in [0.1, 0.15) is 0 Å². The van der Waals surface area contributed by atoms with Gasteiger partial charge in [-0.1, -0.05) is 146 Å². The zero-order valence-corrected chi connectivity index (χ0v) is 27.1. The molecular weight excluding hydrogens is 599 g/mol. The molecule has 1 aromatic heterocycles. The average molecular weight is 630 g/mol. The Labute approximate surface area is 284 Å². The maximum atomic E-state index is 2.41. The number of rotatable bonds is 6. The Bertz CT molecular complexity index is 2560. The second-order valence-electron chi connectivity index (χ2n) is 12.2. The van der Waals surface area contributed by atoms with Crippen molar-refractivity contribution in [3.8, 4) is 33.4 Å². The average Bonchev–Trinajstić information content (AvgIpc) is 3.54. The van der Waals surface area contributed by atoms with Crippen LogP contribution in [-0.4, -0.2) is 0 Å². The Kier molecular flexibility index (Phi) is 7.07. The summed E-state index contributed by atoms with van der Waals surface area (Å²) in [6.07, 6.45) is 0. The van der Waals surface area contributed by atoms with Crippen molar-refractivity contribution in [1.29, 1.82) is 0 Å². The van der Waals surface area contributed by atoms with E-state index in [9.17, 15) is 0 Å². The third kappa shape index (κ3) is 5.04. The van der Waals surface area contributed by atoms with Gasteiger partial charge in [-0.25, -0.2) is 0 Å². The van der Waals surface area contributed by atoms with Crippen molar-refractivity contribution in [3.05, 3.63) is 188 Å². The molecule has 1 heterocycles. The summed E-state index contributed by atoms with van der Waals surface area (Å²) < 4.78 is 2.61. The molecule has 9 aromatic rings. The Morgan fingerprint density at radius 1 is 0.333 bits per heavy atom. The molecule has 9 rings (SSSR count). The van der Waals surface area contributed by atoms with E-state index in [4.69, 9.17) is 0 Å². The highest BCUT2D eigenvalue weighted by Crippen LogP contribution is 2.44. The summed E-state index contributed by atoms with van der Waals surface area (Å²) in [4.78, 5) is 2.41. The maximum Gasteiger partial charge on any atom is 0.0540 e. The summed E-state index contributed by atoms with van der Waals surface area (Å²) >= 11 is 1.86. The van der Waals surface area contributed by atoms with E-state index in [1.807, 2.05) is 11.3 Å². The molecule has 48 heavy (non-hydrogen) atoms. The molecule has 0 unspecified atom stereocenters. The standard InChI is InChI=1S/C46H31NS/c1-2-12-34(13-3-1)41-19-6-8-22-44(41)47(38-28-29-43-42-20-7-9-23-45(42)48-46(43)31-38)37-26-24-32(25-27-37)35-16-10-17-36(30-35)40-21-11-15-33-14-4-5-18-39(33)40/h1-31H. The molecule has 0 fully saturated rings. The first kappa shape index (κ1) is 28.3. The number of benzene rings is 8. The molecule has 0 radical (unpaired) electrons. The van der Waals surface area contributed by atoms with Gasteiger partial charge in [0.05, 0.1) is 5.69 Å². The SMILES string of the molecule is c1ccc(-c2ccccc2N(c2ccc(-c3cccc(-c4cccc5ccccc45)c3)cc2)c2ccc3c(c2)sc2ccccc23)cc1. The quantitative estimate of drug-likeness (QED) is 0.177. The molecule has 0 amide bonds. The minimum absolute atomic E-state index is 1.12. The molecule has 2 heteroatoms. The van der Waals surface area contributed by atoms with Gasteiger partial charge in [-0.2, -0.15) is 0 Å². The predicted octanol–water partition coefficient (Wildman–Crippen LogP) is 13.7. The fourth-order valence-corrected chi connectivity index (χ4v) is 8.10. The minimum atomic E-state index is 1.12. The molecule has 0 saturated heterocycles. The van der Waals surface area contributed by atoms with Gasteiger partial charge in [0.1, 0.15) is 0 Å². The third-order valence-electron chi connectivity index (χ3n) is 9.27. The molecule has 0 N–H and O–H groups in total. The fraction of sp³-hybridized carbons (Fsp3) is 0. The van der Waals surface area contributed by atoms with Crippen molar-refractivity contribution >= 4 is 59.3 Å². The summed E-state index contributed by atoms with van der Waals surface area (Å²) in [6.45, 7) is 0. The summed E-state index contributed by atoms with van der Waals surface area (Å²) in [5, 5.41) is 5.15. The van der Waals surface area contributed by atoms with Crippen molar-refractivity contribution in [2.45, 2.75) is 0 Å². The Balaban J connectivity index is 1.16. The predicted molar refractivity (Wildman–Crippen MR) is 208 cm³/mol. The lowest BCUT2D eigenvalue weighted by molar-refractivity contribution is 1.29. The van der Waals surface area contributed by atoms with Gasteiger partial charge in [-0.05, 0) is 81.1 Å². The zero-order valence-electron chi connectivity index (χ0n) is 26.3. The van der Waals surface area contributed by atoms with Crippen LogP contribution in [0.4, 0.5) is 17.1 Å². The number of nitrogens with zero attached hydrogens (tertiary/aromatic N) is 1. The largest absolute Gasteiger partial charge is 0.310 e. The van der Waals surface area contributed by atoms with Gasteiger partial charge >= 0.3 is 0 Å². The molecule has 0 aliphatic carbocycles. The van der Waals surface area contributed by atoms with Crippen LogP contribution < -0.4 is 4.90 Å². The first-order valence-corrected chi connectivity index (χ1v) is 17.2. The van der Waals surface area contributed by atoms with E-state index < -0.39 is 0 Å². The second-order valence-corrected chi connectivity index (χ2v) is 13.2. The van der Waals surface area contributed by atoms with Crippen molar-refractivity contribution in [1.82, 2.24) is 0 Å². The molecule has 0 aliphatic rings. The van der Waals surface area contributed by atoms with E-state index in [1.54, 1.807) is 0 Å². The van der Waals surface area contributed by atoms with Gasteiger partial charge in [-0.15, -0.1) is 11.3 Å². The fourth-order valence-electron chi connectivity index (χ4n) is 6.96. The normalized spacial score (nSPS) is 11.3. The number of anilines is 3. The van der Waals surface area contributed by atoms with Crippen molar-refractivity contribution in [2.75, 3.05) is 4.90 Å². The van der Waals surface area contributed by atoms with Crippen LogP contribution in [-0.2, 0) is 0 Å². The van der Waals surface area contributed by atoms with Crippen LogP contribution in [0.2, 0.25) is 0 Å². The molecular formula is C46H31NS. The van der Waals surface area contributed by atoms with Gasteiger partial charge in [0.25, 0.3) is 0 Å². The number of fused-ring (bicyclic) bond motifs is 4. The van der Waals surface area contributed by atoms with Crippen LogP contribution in [0.25, 0.3) is 64.3 Å². The van der Waals surface area contributed by atoms with E-state index in [0.717, 1.165) is 17.1 Å². The van der Waals surface area contributed by atoms with Gasteiger partial charge in [-0.3, -0.25) is 0 Å². The lowest BCUT2D eigenvalue weighted by atomic mass is 9.95. The molecule has 1 nitrogen and oxygen atoms in total. The van der Waals surface area contributed by atoms with Gasteiger partial charge < -0.3 is 4.90 Å². The van der Waals surface area contributed by atoms with Gasteiger partial charge in [0.2, 0.25) is 0 Å². The Morgan fingerprint density at radius 3 is 1.85 bits per heavy atom. The van der Waals surface area contributed by atoms with Crippen LogP contribution in [0, 0.1) is 0 Å². The zero-order chi connectivity index (χ0) is 31.9. The van der Waals surface area contributed by atoms with E-state index >= 15 is 0 Å².